The van der Waals surface area contributed by atoms with Crippen LogP contribution in [0.5, 0.6) is 5.75 Å². The predicted octanol–water partition coefficient (Wildman–Crippen LogP) is 2.53. The molecule has 14 heavy (non-hydrogen) atoms. The summed E-state index contributed by atoms with van der Waals surface area (Å²) in [5, 5.41) is 10.5. The second kappa shape index (κ2) is 3.65. The number of hydrogen-bond acceptors (Lipinski definition) is 3. The predicted molar refractivity (Wildman–Crippen MR) is 51.4 cm³/mol. The van der Waals surface area contributed by atoms with Crippen molar-refractivity contribution in [2.45, 2.75) is 25.4 Å². The van der Waals surface area contributed by atoms with E-state index in [1.165, 1.54) is 18.6 Å². The molecule has 0 aliphatic heterocycles. The van der Waals surface area contributed by atoms with Gasteiger partial charge >= 0.3 is 0 Å². The largest absolute Gasteiger partial charge is 0.490 e. The summed E-state index contributed by atoms with van der Waals surface area (Å²) in [6.45, 7) is 0. The number of nitrogens with zero attached hydrogens (tertiary/aromatic N) is 1. The Morgan fingerprint density at radius 1 is 1.43 bits per heavy atom. The van der Waals surface area contributed by atoms with E-state index in [4.69, 9.17) is 4.74 Å². The van der Waals surface area contributed by atoms with E-state index in [9.17, 15) is 10.1 Å². The van der Waals surface area contributed by atoms with Crippen LogP contribution in [0, 0.1) is 10.1 Å². The molecule has 0 saturated heterocycles. The maximum Gasteiger partial charge on any atom is 0.273 e. The van der Waals surface area contributed by atoms with Crippen molar-refractivity contribution in [3.63, 3.8) is 0 Å². The highest BCUT2D eigenvalue weighted by Gasteiger charge is 2.19. The van der Waals surface area contributed by atoms with Crippen LogP contribution in [0.4, 0.5) is 5.69 Å². The van der Waals surface area contributed by atoms with E-state index in [-0.39, 0.29) is 11.8 Å². The number of benzene rings is 1. The van der Waals surface area contributed by atoms with Crippen LogP contribution in [0.1, 0.15) is 19.3 Å². The molecule has 1 aromatic carbocycles. The highest BCUT2D eigenvalue weighted by atomic mass is 16.6. The first-order valence-corrected chi connectivity index (χ1v) is 4.67. The van der Waals surface area contributed by atoms with Gasteiger partial charge in [-0.1, -0.05) is 6.07 Å². The van der Waals surface area contributed by atoms with Gasteiger partial charge in [0.25, 0.3) is 5.69 Å². The van der Waals surface area contributed by atoms with Crippen LogP contribution < -0.4 is 4.74 Å². The average Bonchev–Trinajstić information content (AvgIpc) is 2.12. The molecule has 0 atom stereocenters. The van der Waals surface area contributed by atoms with Gasteiger partial charge < -0.3 is 4.74 Å². The van der Waals surface area contributed by atoms with Crippen LogP contribution in [0.25, 0.3) is 0 Å². The average molecular weight is 193 g/mol. The summed E-state index contributed by atoms with van der Waals surface area (Å²) in [5.74, 6) is 0.601. The third-order valence-corrected chi connectivity index (χ3v) is 2.38. The first-order valence-electron chi connectivity index (χ1n) is 4.67. The van der Waals surface area contributed by atoms with Crippen LogP contribution in [0.2, 0.25) is 0 Å². The van der Waals surface area contributed by atoms with Gasteiger partial charge in [0.1, 0.15) is 5.75 Å². The molecule has 1 fully saturated rings. The lowest BCUT2D eigenvalue weighted by Crippen LogP contribution is -2.24. The minimum atomic E-state index is -0.409. The first-order chi connectivity index (χ1) is 6.75. The molecule has 0 aromatic heterocycles. The fourth-order valence-corrected chi connectivity index (χ4v) is 1.35. The molecule has 1 aliphatic rings. The Morgan fingerprint density at radius 3 is 2.79 bits per heavy atom. The van der Waals surface area contributed by atoms with Gasteiger partial charge in [-0.2, -0.15) is 0 Å². The molecule has 0 spiro atoms. The van der Waals surface area contributed by atoms with Crippen molar-refractivity contribution in [3.05, 3.63) is 34.4 Å². The fraction of sp³-hybridized carbons (Fsp3) is 0.400. The first kappa shape index (κ1) is 8.99. The molecule has 2 rings (SSSR count). The maximum absolute atomic E-state index is 10.5. The van der Waals surface area contributed by atoms with E-state index in [1.54, 1.807) is 12.1 Å². The molecule has 0 unspecified atom stereocenters. The van der Waals surface area contributed by atoms with E-state index in [2.05, 4.69) is 0 Å². The lowest BCUT2D eigenvalue weighted by Gasteiger charge is -2.26. The summed E-state index contributed by atoms with van der Waals surface area (Å²) in [4.78, 5) is 10.1. The number of non-ortho nitro benzene ring substituents is 1. The van der Waals surface area contributed by atoms with Crippen LogP contribution in [0.15, 0.2) is 24.3 Å². The number of hydrogen-bond donors (Lipinski definition) is 0. The molecule has 0 radical (unpaired) electrons. The zero-order chi connectivity index (χ0) is 9.97. The molecule has 1 saturated carbocycles. The van der Waals surface area contributed by atoms with Crippen molar-refractivity contribution in [1.82, 2.24) is 0 Å². The van der Waals surface area contributed by atoms with Crippen molar-refractivity contribution in [1.29, 1.82) is 0 Å². The van der Waals surface area contributed by atoms with Crippen molar-refractivity contribution in [2.75, 3.05) is 0 Å². The van der Waals surface area contributed by atoms with Gasteiger partial charge in [-0.05, 0) is 25.3 Å². The Hall–Kier alpha value is -1.58. The van der Waals surface area contributed by atoms with Crippen molar-refractivity contribution < 1.29 is 9.66 Å². The minimum Gasteiger partial charge on any atom is -0.490 e. The Labute approximate surface area is 81.7 Å². The molecule has 4 nitrogen and oxygen atoms in total. The molecule has 0 amide bonds. The van der Waals surface area contributed by atoms with Crippen molar-refractivity contribution in [3.8, 4) is 5.75 Å². The molecule has 1 aromatic rings. The van der Waals surface area contributed by atoms with Crippen molar-refractivity contribution >= 4 is 5.69 Å². The van der Waals surface area contributed by atoms with E-state index in [0.29, 0.717) is 5.75 Å². The van der Waals surface area contributed by atoms with Gasteiger partial charge in [-0.15, -0.1) is 0 Å². The zero-order valence-electron chi connectivity index (χ0n) is 7.68. The lowest BCUT2D eigenvalue weighted by atomic mass is 9.96. The Morgan fingerprint density at radius 2 is 2.21 bits per heavy atom. The normalized spacial score (nSPS) is 16.0. The van der Waals surface area contributed by atoms with E-state index >= 15 is 0 Å². The molecular formula is C10H11NO3. The zero-order valence-corrected chi connectivity index (χ0v) is 7.68. The van der Waals surface area contributed by atoms with E-state index in [0.717, 1.165) is 12.8 Å². The number of nitro benzene ring substituents is 1. The molecular weight excluding hydrogens is 182 g/mol. The minimum absolute atomic E-state index is 0.0850. The third-order valence-electron chi connectivity index (χ3n) is 2.38. The van der Waals surface area contributed by atoms with Gasteiger partial charge in [0.15, 0.2) is 0 Å². The monoisotopic (exact) mass is 193 g/mol. The topological polar surface area (TPSA) is 52.4 Å². The van der Waals surface area contributed by atoms with Crippen LogP contribution in [-0.4, -0.2) is 11.0 Å². The fourth-order valence-electron chi connectivity index (χ4n) is 1.35. The highest BCUT2D eigenvalue weighted by molar-refractivity contribution is 5.38. The quantitative estimate of drug-likeness (QED) is 0.547. The van der Waals surface area contributed by atoms with Crippen molar-refractivity contribution in [2.24, 2.45) is 0 Å². The smallest absolute Gasteiger partial charge is 0.273 e. The summed E-state index contributed by atoms with van der Waals surface area (Å²) < 4.78 is 5.54. The van der Waals surface area contributed by atoms with Crippen LogP contribution >= 0.6 is 0 Å². The van der Waals surface area contributed by atoms with Gasteiger partial charge in [0.2, 0.25) is 0 Å². The standard InChI is InChI=1S/C10H11NO3/c12-11(13)8-3-1-6-10(7-8)14-9-4-2-5-9/h1,3,6-7,9H,2,4-5H2. The Balaban J connectivity index is 2.09. The number of nitro groups is 1. The molecule has 0 N–H and O–H groups in total. The summed E-state index contributed by atoms with van der Waals surface area (Å²) >= 11 is 0. The van der Waals surface area contributed by atoms with Crippen LogP contribution in [-0.2, 0) is 0 Å². The SMILES string of the molecule is O=[N+]([O-])c1cccc(OC2CCC2)c1. The van der Waals surface area contributed by atoms with E-state index < -0.39 is 4.92 Å². The van der Waals surface area contributed by atoms with Gasteiger partial charge in [-0.25, -0.2) is 0 Å². The second-order valence-corrected chi connectivity index (χ2v) is 3.43. The maximum atomic E-state index is 10.5. The molecule has 0 heterocycles. The summed E-state index contributed by atoms with van der Waals surface area (Å²) in [5.41, 5.74) is 0.0850. The van der Waals surface area contributed by atoms with E-state index in [1.807, 2.05) is 0 Å². The number of rotatable bonds is 3. The highest BCUT2D eigenvalue weighted by Crippen LogP contribution is 2.27. The van der Waals surface area contributed by atoms with Gasteiger partial charge in [-0.3, -0.25) is 10.1 Å². The molecule has 4 heteroatoms. The summed E-state index contributed by atoms with van der Waals surface area (Å²) in [6.07, 6.45) is 3.57. The Kier molecular flexibility index (Phi) is 2.35. The molecule has 74 valence electrons. The third kappa shape index (κ3) is 1.84. The van der Waals surface area contributed by atoms with Crippen LogP contribution in [0.3, 0.4) is 0 Å². The second-order valence-electron chi connectivity index (χ2n) is 3.43. The summed E-state index contributed by atoms with van der Waals surface area (Å²) in [6, 6.07) is 6.34. The van der Waals surface area contributed by atoms with Gasteiger partial charge in [0, 0.05) is 6.07 Å². The molecule has 1 aliphatic carbocycles. The lowest BCUT2D eigenvalue weighted by molar-refractivity contribution is -0.385. The Bertz CT molecular complexity index is 347. The number of ether oxygens (including phenoxy) is 1. The molecule has 0 bridgehead atoms. The van der Waals surface area contributed by atoms with Gasteiger partial charge in [0.05, 0.1) is 17.1 Å². The summed E-state index contributed by atoms with van der Waals surface area (Å²) in [7, 11) is 0.